The number of nitrogens with zero attached hydrogens (tertiary/aromatic N) is 6. The van der Waals surface area contributed by atoms with Crippen LogP contribution in [0.15, 0.2) is 188 Å². The van der Waals surface area contributed by atoms with Crippen LogP contribution in [-0.2, 0) is 0 Å². The van der Waals surface area contributed by atoms with Gasteiger partial charge in [0.25, 0.3) is 0 Å². The molecule has 10 heteroatoms. The average molecular weight is 631 g/mol. The summed E-state index contributed by atoms with van der Waals surface area (Å²) in [4.78, 5) is 25.3. The van der Waals surface area contributed by atoms with Gasteiger partial charge in [0, 0.05) is 0 Å². The first-order valence-electron chi connectivity index (χ1n) is 14.8. The molecule has 0 aliphatic rings. The van der Waals surface area contributed by atoms with Gasteiger partial charge in [-0.1, -0.05) is 36.4 Å². The maximum Gasteiger partial charge on any atom is 0.343 e. The number of carbonyl (C=O) groups is 2. The van der Waals surface area contributed by atoms with E-state index in [-0.39, 0.29) is 0 Å². The van der Waals surface area contributed by atoms with Gasteiger partial charge in [-0.3, -0.25) is 0 Å². The summed E-state index contributed by atoms with van der Waals surface area (Å²) in [5.74, 6) is -0.253. The van der Waals surface area contributed by atoms with Gasteiger partial charge in [-0.15, -0.1) is 0 Å². The Kier molecular flexibility index (Phi) is 9.95. The first-order valence-corrected chi connectivity index (χ1v) is 14.8. The standard InChI is InChI=1S/C38H26N6O4/c45-37(47-35-23-19-33(20-24-35)43-39-29-7-3-1-4-8-29)27-11-15-31(16-12-27)41-42-32-17-13-28(14-18-32)38(46)48-36-25-21-34(22-26-36)44-40-30-9-5-2-6-10-30/h1-26H/b42-41+,43-39+,44-40+. The van der Waals surface area contributed by atoms with Gasteiger partial charge >= 0.3 is 11.9 Å². The Balaban J connectivity index is 0.982. The molecule has 0 saturated heterocycles. The van der Waals surface area contributed by atoms with Crippen LogP contribution >= 0.6 is 0 Å². The van der Waals surface area contributed by atoms with E-state index in [1.54, 1.807) is 97.1 Å². The van der Waals surface area contributed by atoms with Gasteiger partial charge in [-0.05, 0) is 121 Å². The fourth-order valence-electron chi connectivity index (χ4n) is 4.16. The first kappa shape index (κ1) is 31.1. The zero-order valence-electron chi connectivity index (χ0n) is 25.3. The summed E-state index contributed by atoms with van der Waals surface area (Å²) in [6.07, 6.45) is 0. The van der Waals surface area contributed by atoms with E-state index >= 15 is 0 Å². The molecule has 0 spiro atoms. The molecular weight excluding hydrogens is 604 g/mol. The summed E-state index contributed by atoms with van der Waals surface area (Å²) in [5.41, 5.74) is 4.54. The van der Waals surface area contributed by atoms with E-state index in [0.29, 0.717) is 45.4 Å². The second kappa shape index (κ2) is 15.4. The number of rotatable bonds is 10. The SMILES string of the molecule is O=C(Oc1ccc(/N=N/c2ccccc2)cc1)c1ccc(/N=N/c2ccc(C(=O)Oc3ccc(/N=N/c4ccccc4)cc3)cc2)cc1. The van der Waals surface area contributed by atoms with Crippen molar-refractivity contribution in [2.75, 3.05) is 0 Å². The maximum atomic E-state index is 12.6. The number of carbonyl (C=O) groups excluding carboxylic acids is 2. The van der Waals surface area contributed by atoms with E-state index in [2.05, 4.69) is 30.7 Å². The van der Waals surface area contributed by atoms with Crippen LogP contribution in [0.25, 0.3) is 0 Å². The predicted molar refractivity (Wildman–Crippen MR) is 181 cm³/mol. The Bertz CT molecular complexity index is 1910. The lowest BCUT2D eigenvalue weighted by molar-refractivity contribution is 0.0725. The highest BCUT2D eigenvalue weighted by molar-refractivity contribution is 5.92. The lowest BCUT2D eigenvalue weighted by Gasteiger charge is -2.05. The minimum absolute atomic E-state index is 0.357. The molecule has 10 nitrogen and oxygen atoms in total. The lowest BCUT2D eigenvalue weighted by Crippen LogP contribution is -2.07. The Morgan fingerprint density at radius 2 is 0.562 bits per heavy atom. The molecule has 0 saturated carbocycles. The molecule has 0 unspecified atom stereocenters. The molecule has 6 aromatic carbocycles. The number of azo groups is 3. The van der Waals surface area contributed by atoms with Crippen LogP contribution in [0.3, 0.4) is 0 Å². The smallest absolute Gasteiger partial charge is 0.343 e. The lowest BCUT2D eigenvalue weighted by atomic mass is 10.2. The van der Waals surface area contributed by atoms with Crippen molar-refractivity contribution in [3.05, 3.63) is 169 Å². The number of ether oxygens (including phenoxy) is 2. The van der Waals surface area contributed by atoms with Crippen molar-refractivity contribution in [2.24, 2.45) is 30.7 Å². The van der Waals surface area contributed by atoms with E-state index in [4.69, 9.17) is 9.47 Å². The van der Waals surface area contributed by atoms with E-state index in [1.165, 1.54) is 0 Å². The third-order valence-electron chi connectivity index (χ3n) is 6.66. The van der Waals surface area contributed by atoms with Gasteiger partial charge in [0.1, 0.15) is 11.5 Å². The Morgan fingerprint density at radius 1 is 0.312 bits per heavy atom. The van der Waals surface area contributed by atoms with Crippen molar-refractivity contribution >= 4 is 46.1 Å². The minimum Gasteiger partial charge on any atom is -0.423 e. The van der Waals surface area contributed by atoms with E-state index < -0.39 is 11.9 Å². The number of esters is 2. The Morgan fingerprint density at radius 3 is 0.854 bits per heavy atom. The third kappa shape index (κ3) is 8.83. The normalized spacial score (nSPS) is 11.2. The molecule has 6 aromatic rings. The van der Waals surface area contributed by atoms with Crippen LogP contribution in [0.1, 0.15) is 20.7 Å². The van der Waals surface area contributed by atoms with E-state index in [0.717, 1.165) is 11.4 Å². The highest BCUT2D eigenvalue weighted by Gasteiger charge is 2.10. The monoisotopic (exact) mass is 630 g/mol. The zero-order valence-corrected chi connectivity index (χ0v) is 25.3. The van der Waals surface area contributed by atoms with Crippen LogP contribution in [-0.4, -0.2) is 11.9 Å². The zero-order chi connectivity index (χ0) is 33.0. The predicted octanol–water partition coefficient (Wildman–Crippen LogP) is 11.4. The third-order valence-corrected chi connectivity index (χ3v) is 6.66. The molecule has 0 aliphatic carbocycles. The Labute approximate surface area is 275 Å². The molecule has 0 aliphatic heterocycles. The summed E-state index contributed by atoms with van der Waals surface area (Å²) in [6.45, 7) is 0. The van der Waals surface area contributed by atoms with Crippen LogP contribution in [0.5, 0.6) is 11.5 Å². The van der Waals surface area contributed by atoms with Crippen molar-refractivity contribution in [2.45, 2.75) is 0 Å². The fourth-order valence-corrected chi connectivity index (χ4v) is 4.16. The number of hydrogen-bond donors (Lipinski definition) is 0. The van der Waals surface area contributed by atoms with Gasteiger partial charge in [0.05, 0.1) is 45.3 Å². The quantitative estimate of drug-likeness (QED) is 0.0847. The highest BCUT2D eigenvalue weighted by Crippen LogP contribution is 2.25. The second-order valence-corrected chi connectivity index (χ2v) is 10.1. The van der Waals surface area contributed by atoms with Crippen LogP contribution in [0.4, 0.5) is 34.1 Å². The molecule has 0 bridgehead atoms. The van der Waals surface area contributed by atoms with Crippen molar-refractivity contribution in [1.29, 1.82) is 0 Å². The highest BCUT2D eigenvalue weighted by atomic mass is 16.5. The van der Waals surface area contributed by atoms with Crippen molar-refractivity contribution in [3.8, 4) is 11.5 Å². The summed E-state index contributed by atoms with van der Waals surface area (Å²) >= 11 is 0. The van der Waals surface area contributed by atoms with Crippen LogP contribution < -0.4 is 9.47 Å². The minimum atomic E-state index is -0.510. The molecule has 48 heavy (non-hydrogen) atoms. The first-order chi connectivity index (χ1) is 23.6. The molecule has 0 radical (unpaired) electrons. The van der Waals surface area contributed by atoms with Crippen LogP contribution in [0, 0.1) is 0 Å². The van der Waals surface area contributed by atoms with E-state index in [9.17, 15) is 9.59 Å². The van der Waals surface area contributed by atoms with Crippen molar-refractivity contribution < 1.29 is 19.1 Å². The molecule has 6 rings (SSSR count). The second-order valence-electron chi connectivity index (χ2n) is 10.1. The van der Waals surface area contributed by atoms with Crippen LogP contribution in [0.2, 0.25) is 0 Å². The van der Waals surface area contributed by atoms with Crippen molar-refractivity contribution in [3.63, 3.8) is 0 Å². The average Bonchev–Trinajstić information content (AvgIpc) is 3.14. The molecule has 0 atom stereocenters. The van der Waals surface area contributed by atoms with Gasteiger partial charge < -0.3 is 9.47 Å². The largest absolute Gasteiger partial charge is 0.423 e. The fraction of sp³-hybridized carbons (Fsp3) is 0. The Hall–Kier alpha value is -6.94. The molecule has 0 N–H and O–H groups in total. The summed E-state index contributed by atoms with van der Waals surface area (Å²) in [7, 11) is 0. The van der Waals surface area contributed by atoms with Gasteiger partial charge in [-0.25, -0.2) is 9.59 Å². The molecule has 0 aromatic heterocycles. The number of hydrogen-bond acceptors (Lipinski definition) is 10. The van der Waals surface area contributed by atoms with Gasteiger partial charge in [0.2, 0.25) is 0 Å². The molecule has 0 amide bonds. The summed E-state index contributed by atoms with van der Waals surface area (Å²) in [6, 6.07) is 45.4. The van der Waals surface area contributed by atoms with Gasteiger partial charge in [-0.2, -0.15) is 30.7 Å². The summed E-state index contributed by atoms with van der Waals surface area (Å²) in [5, 5.41) is 25.1. The molecule has 0 fully saturated rings. The maximum absolute atomic E-state index is 12.6. The molecule has 232 valence electrons. The number of benzene rings is 6. The summed E-state index contributed by atoms with van der Waals surface area (Å²) < 4.78 is 10.9. The van der Waals surface area contributed by atoms with Gasteiger partial charge in [0.15, 0.2) is 0 Å². The van der Waals surface area contributed by atoms with Crippen molar-refractivity contribution in [1.82, 2.24) is 0 Å². The topological polar surface area (TPSA) is 127 Å². The molecule has 0 heterocycles. The van der Waals surface area contributed by atoms with E-state index in [1.807, 2.05) is 60.7 Å². The molecular formula is C38H26N6O4.